The molecular weight excluding hydrogens is 152 g/mol. The number of hydrogen-bond donors (Lipinski definition) is 0. The molecule has 0 radical (unpaired) electrons. The van der Waals surface area contributed by atoms with E-state index in [0.29, 0.717) is 0 Å². The lowest BCUT2D eigenvalue weighted by Gasteiger charge is -1.81. The minimum absolute atomic E-state index is 0.750. The van der Waals surface area contributed by atoms with Crippen molar-refractivity contribution in [2.75, 3.05) is 0 Å². The third-order valence-corrected chi connectivity index (χ3v) is 1.39. The monoisotopic (exact) mass is 164 g/mol. The molecule has 12 heavy (non-hydrogen) atoms. The van der Waals surface area contributed by atoms with Gasteiger partial charge in [0.1, 0.15) is 11.2 Å². The first kappa shape index (κ1) is 8.71. The molecule has 0 bridgehead atoms. The Morgan fingerprint density at radius 3 is 2.75 bits per heavy atom. The van der Waals surface area contributed by atoms with Crippen molar-refractivity contribution in [1.29, 1.82) is 0 Å². The summed E-state index contributed by atoms with van der Waals surface area (Å²) in [7, 11) is 0. The fourth-order valence-corrected chi connectivity index (χ4v) is 0.897. The zero-order chi connectivity index (χ0) is 8.97. The normalized spacial score (nSPS) is 9.25. The van der Waals surface area contributed by atoms with Gasteiger partial charge in [0.25, 0.3) is 0 Å². The maximum absolute atomic E-state index is 4.94. The molecule has 0 atom stereocenters. The van der Waals surface area contributed by atoms with E-state index in [4.69, 9.17) is 4.52 Å². The van der Waals surface area contributed by atoms with E-state index >= 15 is 0 Å². The van der Waals surface area contributed by atoms with Crippen LogP contribution in [0.5, 0.6) is 0 Å². The van der Waals surface area contributed by atoms with Crippen LogP contribution in [-0.4, -0.2) is 10.1 Å². The minimum atomic E-state index is 0.750. The average Bonchev–Trinajstić information content (AvgIpc) is 2.53. The Morgan fingerprint density at radius 2 is 2.08 bits per heavy atom. The van der Waals surface area contributed by atoms with Crippen LogP contribution in [-0.2, 0) is 0 Å². The summed E-state index contributed by atoms with van der Waals surface area (Å²) < 4.78 is 4.94. The van der Waals surface area contributed by atoms with Gasteiger partial charge in [0.15, 0.2) is 5.58 Å². The maximum Gasteiger partial charge on any atom is 0.185 e. The fraction of sp³-hybridized carbons (Fsp3) is 0.333. The van der Waals surface area contributed by atoms with Gasteiger partial charge in [-0.15, -0.1) is 0 Å². The lowest BCUT2D eigenvalue weighted by molar-refractivity contribution is 0.450. The highest BCUT2D eigenvalue weighted by Crippen LogP contribution is 2.12. The molecule has 3 nitrogen and oxygen atoms in total. The van der Waals surface area contributed by atoms with Crippen LogP contribution < -0.4 is 0 Å². The van der Waals surface area contributed by atoms with Crippen molar-refractivity contribution in [2.45, 2.75) is 20.8 Å². The fourth-order valence-electron chi connectivity index (χ4n) is 0.897. The summed E-state index contributed by atoms with van der Waals surface area (Å²) in [5.41, 5.74) is 2.44. The van der Waals surface area contributed by atoms with E-state index in [2.05, 4.69) is 10.1 Å². The van der Waals surface area contributed by atoms with Gasteiger partial charge >= 0.3 is 0 Å². The van der Waals surface area contributed by atoms with Crippen LogP contribution in [0.2, 0.25) is 0 Å². The predicted molar refractivity (Wildman–Crippen MR) is 47.9 cm³/mol. The first-order valence-electron chi connectivity index (χ1n) is 4.05. The standard InChI is InChI=1S/C7H6N2O.C2H6/c1-5-7-6(10-9-5)3-2-4-8-7;1-2/h2-4H,1H3;1-2H3. The van der Waals surface area contributed by atoms with Gasteiger partial charge in [-0.3, -0.25) is 4.98 Å². The van der Waals surface area contributed by atoms with Gasteiger partial charge in [-0.05, 0) is 19.1 Å². The number of hydrogen-bond acceptors (Lipinski definition) is 3. The highest BCUT2D eigenvalue weighted by Gasteiger charge is 2.01. The van der Waals surface area contributed by atoms with Crippen molar-refractivity contribution in [3.05, 3.63) is 24.0 Å². The second kappa shape index (κ2) is 3.85. The second-order valence-corrected chi connectivity index (χ2v) is 2.12. The van der Waals surface area contributed by atoms with E-state index < -0.39 is 0 Å². The summed E-state index contributed by atoms with van der Waals surface area (Å²) in [6.07, 6.45) is 1.73. The molecule has 2 heterocycles. The maximum atomic E-state index is 4.94. The van der Waals surface area contributed by atoms with Crippen LogP contribution in [0.25, 0.3) is 11.1 Å². The molecule has 0 aliphatic heterocycles. The van der Waals surface area contributed by atoms with E-state index in [1.54, 1.807) is 6.20 Å². The first-order chi connectivity index (χ1) is 5.88. The third-order valence-electron chi connectivity index (χ3n) is 1.39. The molecule has 0 spiro atoms. The molecule has 2 rings (SSSR count). The highest BCUT2D eigenvalue weighted by atomic mass is 16.5. The molecular formula is C9H12N2O. The summed E-state index contributed by atoms with van der Waals surface area (Å²) in [5, 5.41) is 3.76. The summed E-state index contributed by atoms with van der Waals surface area (Å²) in [4.78, 5) is 4.08. The van der Waals surface area contributed by atoms with Gasteiger partial charge in [0.2, 0.25) is 0 Å². The molecule has 2 aromatic heterocycles. The Labute approximate surface area is 71.4 Å². The molecule has 0 unspecified atom stereocenters. The number of rotatable bonds is 0. The number of pyridine rings is 1. The largest absolute Gasteiger partial charge is 0.354 e. The smallest absolute Gasteiger partial charge is 0.185 e. The molecule has 0 aliphatic carbocycles. The molecule has 3 heteroatoms. The minimum Gasteiger partial charge on any atom is -0.354 e. The zero-order valence-electron chi connectivity index (χ0n) is 7.53. The highest BCUT2D eigenvalue weighted by molar-refractivity contribution is 5.73. The van der Waals surface area contributed by atoms with E-state index in [-0.39, 0.29) is 0 Å². The quantitative estimate of drug-likeness (QED) is 0.600. The van der Waals surface area contributed by atoms with E-state index in [0.717, 1.165) is 16.8 Å². The molecule has 2 aromatic rings. The molecule has 0 amide bonds. The summed E-state index contributed by atoms with van der Waals surface area (Å²) >= 11 is 0. The molecule has 0 aromatic carbocycles. The van der Waals surface area contributed by atoms with Gasteiger partial charge < -0.3 is 4.52 Å². The van der Waals surface area contributed by atoms with Gasteiger partial charge in [-0.1, -0.05) is 19.0 Å². The Morgan fingerprint density at radius 1 is 1.33 bits per heavy atom. The Balaban J connectivity index is 0.000000336. The van der Waals surface area contributed by atoms with Crippen LogP contribution in [0.4, 0.5) is 0 Å². The van der Waals surface area contributed by atoms with Crippen LogP contribution in [0.3, 0.4) is 0 Å². The topological polar surface area (TPSA) is 38.9 Å². The van der Waals surface area contributed by atoms with Gasteiger partial charge in [-0.2, -0.15) is 0 Å². The van der Waals surface area contributed by atoms with Crippen LogP contribution in [0.15, 0.2) is 22.9 Å². The van der Waals surface area contributed by atoms with Gasteiger partial charge in [-0.25, -0.2) is 0 Å². The third kappa shape index (κ3) is 1.44. The summed E-state index contributed by atoms with van der Waals surface area (Å²) in [6.45, 7) is 5.87. The predicted octanol–water partition coefficient (Wildman–Crippen LogP) is 2.56. The van der Waals surface area contributed by atoms with E-state index in [1.165, 1.54) is 0 Å². The summed E-state index contributed by atoms with van der Waals surface area (Å²) in [6, 6.07) is 3.68. The van der Waals surface area contributed by atoms with Crippen molar-refractivity contribution < 1.29 is 4.52 Å². The van der Waals surface area contributed by atoms with Gasteiger partial charge in [0, 0.05) is 6.20 Å². The van der Waals surface area contributed by atoms with E-state index in [1.807, 2.05) is 32.9 Å². The lowest BCUT2D eigenvalue weighted by atomic mass is 10.3. The van der Waals surface area contributed by atoms with Crippen molar-refractivity contribution in [3.8, 4) is 0 Å². The number of aryl methyl sites for hydroxylation is 1. The molecule has 0 N–H and O–H groups in total. The van der Waals surface area contributed by atoms with Crippen LogP contribution in [0, 0.1) is 6.92 Å². The Kier molecular flexibility index (Phi) is 2.80. The van der Waals surface area contributed by atoms with Crippen LogP contribution >= 0.6 is 0 Å². The number of fused-ring (bicyclic) bond motifs is 1. The molecule has 0 saturated heterocycles. The summed E-state index contributed by atoms with van der Waals surface area (Å²) in [5.74, 6) is 0. The first-order valence-corrected chi connectivity index (χ1v) is 4.05. The molecule has 64 valence electrons. The Hall–Kier alpha value is -1.38. The molecule has 0 saturated carbocycles. The van der Waals surface area contributed by atoms with Gasteiger partial charge in [0.05, 0.1) is 0 Å². The van der Waals surface area contributed by atoms with Crippen molar-refractivity contribution in [2.24, 2.45) is 0 Å². The number of nitrogens with zero attached hydrogens (tertiary/aromatic N) is 2. The average molecular weight is 164 g/mol. The van der Waals surface area contributed by atoms with Crippen molar-refractivity contribution in [3.63, 3.8) is 0 Å². The SMILES string of the molecule is CC.Cc1noc2cccnc12. The van der Waals surface area contributed by atoms with E-state index in [9.17, 15) is 0 Å². The van der Waals surface area contributed by atoms with Crippen molar-refractivity contribution in [1.82, 2.24) is 10.1 Å². The molecule has 0 fully saturated rings. The van der Waals surface area contributed by atoms with Crippen molar-refractivity contribution >= 4 is 11.1 Å². The molecule has 0 aliphatic rings. The lowest BCUT2D eigenvalue weighted by Crippen LogP contribution is -1.73. The van der Waals surface area contributed by atoms with Crippen LogP contribution in [0.1, 0.15) is 19.5 Å². The number of aromatic nitrogens is 2. The zero-order valence-corrected chi connectivity index (χ0v) is 7.53. The second-order valence-electron chi connectivity index (χ2n) is 2.12. The Bertz CT molecular complexity index is 354.